The summed E-state index contributed by atoms with van der Waals surface area (Å²) in [6.07, 6.45) is 1.28. The maximum Gasteiger partial charge on any atom is 0.355 e. The van der Waals surface area contributed by atoms with Crippen molar-refractivity contribution >= 4 is 55.4 Å². The number of hydrogen-bond acceptors (Lipinski definition) is 9. The Hall–Kier alpha value is -4.57. The van der Waals surface area contributed by atoms with Crippen LogP contribution in [0.2, 0.25) is 0 Å². The summed E-state index contributed by atoms with van der Waals surface area (Å²) >= 11 is 1.40. The molecule has 2 aromatic heterocycles. The van der Waals surface area contributed by atoms with Crippen LogP contribution in [0.5, 0.6) is 0 Å². The lowest BCUT2D eigenvalue weighted by molar-refractivity contribution is -0.383. The van der Waals surface area contributed by atoms with Gasteiger partial charge in [0.1, 0.15) is 6.33 Å². The van der Waals surface area contributed by atoms with E-state index in [1.165, 1.54) is 17.7 Å². The molecule has 0 spiro atoms. The molecule has 2 heterocycles. The topological polar surface area (TPSA) is 109 Å². The predicted octanol–water partition coefficient (Wildman–Crippen LogP) is 6.21. The van der Waals surface area contributed by atoms with Gasteiger partial charge in [-0.2, -0.15) is 0 Å². The fourth-order valence-corrected chi connectivity index (χ4v) is 4.45. The van der Waals surface area contributed by atoms with Gasteiger partial charge in [-0.25, -0.2) is 15.0 Å². The van der Waals surface area contributed by atoms with Gasteiger partial charge < -0.3 is 5.32 Å². The van der Waals surface area contributed by atoms with Crippen molar-refractivity contribution in [2.75, 3.05) is 15.8 Å². The van der Waals surface area contributed by atoms with Crippen LogP contribution in [0, 0.1) is 17.0 Å². The maximum absolute atomic E-state index is 12.1. The average molecular weight is 470 g/mol. The Morgan fingerprint density at radius 2 is 1.53 bits per heavy atom. The summed E-state index contributed by atoms with van der Waals surface area (Å²) in [5.74, 6) is 0.104. The molecule has 5 rings (SSSR count). The van der Waals surface area contributed by atoms with Crippen LogP contribution >= 0.6 is 11.3 Å². The molecule has 2 N–H and O–H groups in total. The molecule has 0 radical (unpaired) electrons. The van der Waals surface area contributed by atoms with Crippen LogP contribution in [0.3, 0.4) is 0 Å². The number of nitrogens with zero attached hydrogens (tertiary/aromatic N) is 5. The number of anilines is 5. The van der Waals surface area contributed by atoms with Crippen molar-refractivity contribution in [1.82, 2.24) is 15.0 Å². The molecule has 0 unspecified atom stereocenters. The minimum absolute atomic E-state index is 0.0486. The number of nitrogens with one attached hydrogen (secondary N) is 2. The Balaban J connectivity index is 1.54. The van der Waals surface area contributed by atoms with Gasteiger partial charge in [-0.15, -0.1) is 0 Å². The molecule has 10 heteroatoms. The van der Waals surface area contributed by atoms with Crippen LogP contribution in [-0.4, -0.2) is 19.9 Å². The Morgan fingerprint density at radius 1 is 0.882 bits per heavy atom. The van der Waals surface area contributed by atoms with Crippen LogP contribution in [0.1, 0.15) is 5.56 Å². The molecule has 0 saturated heterocycles. The van der Waals surface area contributed by atoms with Crippen LogP contribution in [0.25, 0.3) is 10.2 Å². The molecule has 9 nitrogen and oxygen atoms in total. The van der Waals surface area contributed by atoms with Crippen LogP contribution < -0.4 is 15.8 Å². The number of fused-ring (bicyclic) bond motifs is 1. The van der Waals surface area contributed by atoms with E-state index in [1.54, 1.807) is 5.01 Å². The Bertz CT molecular complexity index is 1420. The van der Waals surface area contributed by atoms with Crippen LogP contribution in [0.15, 0.2) is 85.2 Å². The summed E-state index contributed by atoms with van der Waals surface area (Å²) in [7, 11) is 0. The fraction of sp³-hybridized carbons (Fsp3) is 0.0417. The van der Waals surface area contributed by atoms with Crippen molar-refractivity contribution in [2.45, 2.75) is 6.92 Å². The molecule has 0 aliphatic carbocycles. The molecule has 168 valence electrons. The molecular weight excluding hydrogens is 450 g/mol. The molecule has 0 saturated carbocycles. The van der Waals surface area contributed by atoms with Gasteiger partial charge in [-0.1, -0.05) is 59.9 Å². The zero-order chi connectivity index (χ0) is 23.5. The Kier molecular flexibility index (Phi) is 5.71. The highest BCUT2D eigenvalue weighted by Crippen LogP contribution is 2.36. The van der Waals surface area contributed by atoms with E-state index in [1.807, 2.05) is 85.8 Å². The number of aromatic nitrogens is 3. The van der Waals surface area contributed by atoms with Crippen molar-refractivity contribution in [3.8, 4) is 0 Å². The minimum atomic E-state index is -0.503. The van der Waals surface area contributed by atoms with E-state index in [4.69, 9.17) is 0 Å². The summed E-state index contributed by atoms with van der Waals surface area (Å²) in [6.45, 7) is 1.97. The SMILES string of the molecule is Cc1cccc2sc(Nc3ncnc(NN(c4ccccc4)c4ccccc4)c3[N+](=O)[O-])nc12. The second-order valence-corrected chi connectivity index (χ2v) is 8.39. The number of rotatable bonds is 7. The lowest BCUT2D eigenvalue weighted by atomic mass is 10.2. The summed E-state index contributed by atoms with van der Waals surface area (Å²) < 4.78 is 0.983. The Labute approximate surface area is 198 Å². The van der Waals surface area contributed by atoms with Gasteiger partial charge in [0, 0.05) is 0 Å². The van der Waals surface area contributed by atoms with E-state index in [2.05, 4.69) is 25.7 Å². The third-order valence-electron chi connectivity index (χ3n) is 5.10. The molecule has 0 bridgehead atoms. The van der Waals surface area contributed by atoms with Crippen molar-refractivity contribution < 1.29 is 4.92 Å². The molecule has 0 atom stereocenters. The van der Waals surface area contributed by atoms with E-state index in [0.717, 1.165) is 27.2 Å². The molecule has 34 heavy (non-hydrogen) atoms. The van der Waals surface area contributed by atoms with E-state index in [0.29, 0.717) is 5.13 Å². The minimum Gasteiger partial charge on any atom is -0.310 e. The van der Waals surface area contributed by atoms with Gasteiger partial charge in [0.2, 0.25) is 11.6 Å². The van der Waals surface area contributed by atoms with Crippen LogP contribution in [-0.2, 0) is 0 Å². The molecule has 0 aliphatic rings. The number of hydrazine groups is 1. The van der Waals surface area contributed by atoms with Crippen molar-refractivity contribution in [3.63, 3.8) is 0 Å². The van der Waals surface area contributed by atoms with Crippen molar-refractivity contribution in [1.29, 1.82) is 0 Å². The number of aryl methyl sites for hydroxylation is 1. The lowest BCUT2D eigenvalue weighted by Gasteiger charge is -2.25. The summed E-state index contributed by atoms with van der Waals surface area (Å²) in [4.78, 5) is 24.5. The van der Waals surface area contributed by atoms with Gasteiger partial charge in [-0.3, -0.25) is 20.5 Å². The highest BCUT2D eigenvalue weighted by molar-refractivity contribution is 7.22. The monoisotopic (exact) mass is 469 g/mol. The zero-order valence-electron chi connectivity index (χ0n) is 18.0. The molecule has 5 aromatic rings. The quantitative estimate of drug-likeness (QED) is 0.214. The largest absolute Gasteiger partial charge is 0.355 e. The van der Waals surface area contributed by atoms with E-state index >= 15 is 0 Å². The number of hydrogen-bond donors (Lipinski definition) is 2. The van der Waals surface area contributed by atoms with E-state index < -0.39 is 4.92 Å². The molecule has 3 aromatic carbocycles. The third kappa shape index (κ3) is 4.21. The summed E-state index contributed by atoms with van der Waals surface area (Å²) in [6, 6.07) is 24.9. The number of para-hydroxylation sites is 3. The average Bonchev–Trinajstić information content (AvgIpc) is 3.27. The highest BCUT2D eigenvalue weighted by atomic mass is 32.1. The van der Waals surface area contributed by atoms with Gasteiger partial charge in [0.15, 0.2) is 5.13 Å². The highest BCUT2D eigenvalue weighted by Gasteiger charge is 2.26. The second-order valence-electron chi connectivity index (χ2n) is 7.36. The Morgan fingerprint density at radius 3 is 2.15 bits per heavy atom. The number of thiazole rings is 1. The normalized spacial score (nSPS) is 10.7. The third-order valence-corrected chi connectivity index (χ3v) is 6.03. The molecule has 0 fully saturated rings. The van der Waals surface area contributed by atoms with E-state index in [-0.39, 0.29) is 17.3 Å². The van der Waals surface area contributed by atoms with Crippen molar-refractivity contribution in [2.24, 2.45) is 0 Å². The number of benzene rings is 3. The standard InChI is InChI=1S/C24H19N7O2S/c1-16-9-8-14-19-20(16)27-24(34-19)28-22-21(31(32)33)23(26-15-25-22)29-30(17-10-4-2-5-11-17)18-12-6-3-7-13-18/h2-15H,1H3,(H2,25,26,27,28,29). The molecular formula is C24H19N7O2S. The van der Waals surface area contributed by atoms with Gasteiger partial charge in [-0.05, 0) is 42.8 Å². The molecule has 0 amide bonds. The predicted molar refractivity (Wildman–Crippen MR) is 135 cm³/mol. The summed E-state index contributed by atoms with van der Waals surface area (Å²) in [5, 5.41) is 17.4. The second kappa shape index (κ2) is 9.12. The first-order chi connectivity index (χ1) is 16.6. The smallest absolute Gasteiger partial charge is 0.310 e. The maximum atomic E-state index is 12.1. The summed E-state index contributed by atoms with van der Waals surface area (Å²) in [5.41, 5.74) is 6.29. The van der Waals surface area contributed by atoms with Gasteiger partial charge in [0.05, 0.1) is 26.5 Å². The first kappa shape index (κ1) is 21.3. The van der Waals surface area contributed by atoms with Crippen molar-refractivity contribution in [3.05, 3.63) is 101 Å². The first-order valence-electron chi connectivity index (χ1n) is 10.4. The molecule has 0 aliphatic heterocycles. The zero-order valence-corrected chi connectivity index (χ0v) is 18.9. The van der Waals surface area contributed by atoms with E-state index in [9.17, 15) is 10.1 Å². The fourth-order valence-electron chi connectivity index (χ4n) is 3.50. The van der Waals surface area contributed by atoms with Gasteiger partial charge >= 0.3 is 5.69 Å². The first-order valence-corrected chi connectivity index (χ1v) is 11.2. The number of nitro groups is 1. The van der Waals surface area contributed by atoms with Gasteiger partial charge in [0.25, 0.3) is 0 Å². The lowest BCUT2D eigenvalue weighted by Crippen LogP contribution is -2.26. The van der Waals surface area contributed by atoms with Crippen LogP contribution in [0.4, 0.5) is 33.8 Å².